The molecule has 3 nitrogen and oxygen atoms in total. The van der Waals surface area contributed by atoms with Crippen molar-refractivity contribution in [1.82, 2.24) is 4.98 Å². The number of nitrogens with one attached hydrogen (secondary N) is 1. The summed E-state index contributed by atoms with van der Waals surface area (Å²) in [6.07, 6.45) is 7.82. The Bertz CT molecular complexity index is 702. The first kappa shape index (κ1) is 14.1. The average molecular weight is 289 g/mol. The number of halogens is 1. The van der Waals surface area contributed by atoms with Crippen molar-refractivity contribution in [2.24, 2.45) is 0 Å². The number of fused-ring (bicyclic) bond motifs is 1. The summed E-state index contributed by atoms with van der Waals surface area (Å²) >= 11 is 0. The third-order valence-electron chi connectivity index (χ3n) is 4.28. The maximum absolute atomic E-state index is 14.8. The van der Waals surface area contributed by atoms with Crippen LogP contribution in [0.4, 0.5) is 4.39 Å². The first-order valence-corrected chi connectivity index (χ1v) is 7.70. The van der Waals surface area contributed by atoms with Crippen LogP contribution in [0.5, 0.6) is 5.75 Å². The van der Waals surface area contributed by atoms with Gasteiger partial charge in [0.25, 0.3) is 5.56 Å². The van der Waals surface area contributed by atoms with Crippen molar-refractivity contribution >= 4 is 10.8 Å². The number of H-pyrrole nitrogens is 1. The third-order valence-corrected chi connectivity index (χ3v) is 4.28. The van der Waals surface area contributed by atoms with E-state index in [4.69, 9.17) is 4.74 Å². The molecule has 1 N–H and O–H groups in total. The minimum absolute atomic E-state index is 0.0952. The maximum Gasteiger partial charge on any atom is 0.255 e. The first-order valence-electron chi connectivity index (χ1n) is 7.70. The minimum atomic E-state index is -0.402. The summed E-state index contributed by atoms with van der Waals surface area (Å²) in [5.41, 5.74) is 0.543. The zero-order chi connectivity index (χ0) is 14.8. The van der Waals surface area contributed by atoms with Gasteiger partial charge in [-0.05, 0) is 49.8 Å². The smallest absolute Gasteiger partial charge is 0.255 e. The van der Waals surface area contributed by atoms with Crippen LogP contribution in [-0.2, 0) is 6.42 Å². The van der Waals surface area contributed by atoms with Crippen LogP contribution in [0.3, 0.4) is 0 Å². The Morgan fingerprint density at radius 2 is 2.05 bits per heavy atom. The number of hydrogen-bond acceptors (Lipinski definition) is 2. The number of aryl methyl sites for hydroxylation is 1. The molecule has 1 aromatic heterocycles. The van der Waals surface area contributed by atoms with Crippen LogP contribution in [0.15, 0.2) is 23.1 Å². The lowest BCUT2D eigenvalue weighted by molar-refractivity contribution is 0.149. The molecule has 0 bridgehead atoms. The molecule has 3 rings (SSSR count). The molecule has 0 unspecified atom stereocenters. The second-order valence-corrected chi connectivity index (χ2v) is 5.67. The summed E-state index contributed by atoms with van der Waals surface area (Å²) in [6, 6.07) is 3.25. The van der Waals surface area contributed by atoms with E-state index in [-0.39, 0.29) is 17.4 Å². The molecule has 0 atom stereocenters. The Morgan fingerprint density at radius 3 is 2.76 bits per heavy atom. The Labute approximate surface area is 123 Å². The van der Waals surface area contributed by atoms with Crippen molar-refractivity contribution in [3.05, 3.63) is 40.1 Å². The van der Waals surface area contributed by atoms with E-state index in [2.05, 4.69) is 4.98 Å². The third kappa shape index (κ3) is 2.67. The summed E-state index contributed by atoms with van der Waals surface area (Å²) in [5.74, 6) is -0.129. The molecule has 1 fully saturated rings. The summed E-state index contributed by atoms with van der Waals surface area (Å²) in [5, 5.41) is 0.789. The van der Waals surface area contributed by atoms with Gasteiger partial charge in [0, 0.05) is 11.6 Å². The van der Waals surface area contributed by atoms with E-state index in [1.807, 2.05) is 6.92 Å². The SMILES string of the molecule is CCc1c[nH]c(=O)c2ccc(OC3CCCCC3)c(F)c12. The van der Waals surface area contributed by atoms with Crippen LogP contribution in [0.2, 0.25) is 0 Å². The highest BCUT2D eigenvalue weighted by atomic mass is 19.1. The van der Waals surface area contributed by atoms with Gasteiger partial charge in [-0.3, -0.25) is 4.79 Å². The van der Waals surface area contributed by atoms with Gasteiger partial charge in [-0.25, -0.2) is 4.39 Å². The summed E-state index contributed by atoms with van der Waals surface area (Å²) in [7, 11) is 0. The average Bonchev–Trinajstić information content (AvgIpc) is 2.52. The lowest BCUT2D eigenvalue weighted by atomic mass is 9.97. The van der Waals surface area contributed by atoms with E-state index in [9.17, 15) is 9.18 Å². The van der Waals surface area contributed by atoms with Gasteiger partial charge in [0.05, 0.1) is 11.5 Å². The van der Waals surface area contributed by atoms with E-state index in [0.29, 0.717) is 17.2 Å². The van der Waals surface area contributed by atoms with Crippen LogP contribution in [0.25, 0.3) is 10.8 Å². The van der Waals surface area contributed by atoms with E-state index in [0.717, 1.165) is 31.2 Å². The maximum atomic E-state index is 14.8. The molecular formula is C17H20FNO2. The molecule has 1 aromatic carbocycles. The van der Waals surface area contributed by atoms with E-state index < -0.39 is 5.82 Å². The number of hydrogen-bond donors (Lipinski definition) is 1. The zero-order valence-electron chi connectivity index (χ0n) is 12.2. The molecule has 0 spiro atoms. The Morgan fingerprint density at radius 1 is 1.29 bits per heavy atom. The van der Waals surface area contributed by atoms with Gasteiger partial charge in [0.1, 0.15) is 0 Å². The van der Waals surface area contributed by atoms with Gasteiger partial charge in [-0.2, -0.15) is 0 Å². The molecule has 0 amide bonds. The summed E-state index contributed by atoms with van der Waals surface area (Å²) in [4.78, 5) is 14.5. The lowest BCUT2D eigenvalue weighted by Crippen LogP contribution is -2.20. The van der Waals surface area contributed by atoms with Crippen molar-refractivity contribution in [3.63, 3.8) is 0 Å². The first-order chi connectivity index (χ1) is 10.2. The molecule has 1 heterocycles. The largest absolute Gasteiger partial charge is 0.487 e. The van der Waals surface area contributed by atoms with Crippen LogP contribution in [-0.4, -0.2) is 11.1 Å². The molecule has 21 heavy (non-hydrogen) atoms. The van der Waals surface area contributed by atoms with Crippen LogP contribution >= 0.6 is 0 Å². The number of ether oxygens (including phenoxy) is 1. The van der Waals surface area contributed by atoms with Gasteiger partial charge in [0.15, 0.2) is 11.6 Å². The number of rotatable bonds is 3. The van der Waals surface area contributed by atoms with Gasteiger partial charge in [-0.15, -0.1) is 0 Å². The van der Waals surface area contributed by atoms with Crippen LogP contribution in [0.1, 0.15) is 44.6 Å². The second-order valence-electron chi connectivity index (χ2n) is 5.67. The molecule has 0 saturated heterocycles. The number of pyridine rings is 1. The molecular weight excluding hydrogens is 269 g/mol. The molecule has 112 valence electrons. The number of benzene rings is 1. The summed E-state index contributed by atoms with van der Waals surface area (Å²) < 4.78 is 20.6. The standard InChI is InChI=1S/C17H20FNO2/c1-2-11-10-19-17(20)13-8-9-14(16(18)15(11)13)21-12-6-4-3-5-7-12/h8-10,12H,2-7H2,1H3,(H,19,20). The van der Waals surface area contributed by atoms with Gasteiger partial charge in [0.2, 0.25) is 0 Å². The highest BCUT2D eigenvalue weighted by Crippen LogP contribution is 2.30. The fourth-order valence-corrected chi connectivity index (χ4v) is 3.10. The molecule has 2 aromatic rings. The Kier molecular flexibility index (Phi) is 3.95. The highest BCUT2D eigenvalue weighted by molar-refractivity contribution is 5.86. The van der Waals surface area contributed by atoms with E-state index >= 15 is 0 Å². The second kappa shape index (κ2) is 5.88. The molecule has 1 aliphatic rings. The number of aromatic nitrogens is 1. The van der Waals surface area contributed by atoms with Gasteiger partial charge < -0.3 is 9.72 Å². The molecule has 0 radical (unpaired) electrons. The Balaban J connectivity index is 2.04. The lowest BCUT2D eigenvalue weighted by Gasteiger charge is -2.23. The number of aromatic amines is 1. The van der Waals surface area contributed by atoms with Crippen molar-refractivity contribution in [2.45, 2.75) is 51.6 Å². The highest BCUT2D eigenvalue weighted by Gasteiger charge is 2.19. The van der Waals surface area contributed by atoms with Crippen LogP contribution in [0, 0.1) is 5.82 Å². The van der Waals surface area contributed by atoms with Crippen molar-refractivity contribution in [3.8, 4) is 5.75 Å². The van der Waals surface area contributed by atoms with Crippen LogP contribution < -0.4 is 10.3 Å². The Hall–Kier alpha value is -1.84. The van der Waals surface area contributed by atoms with Crippen molar-refractivity contribution in [2.75, 3.05) is 0 Å². The monoisotopic (exact) mass is 289 g/mol. The van der Waals surface area contributed by atoms with Crippen molar-refractivity contribution < 1.29 is 9.13 Å². The fourth-order valence-electron chi connectivity index (χ4n) is 3.10. The predicted molar refractivity (Wildman–Crippen MR) is 81.4 cm³/mol. The predicted octanol–water partition coefficient (Wildman–Crippen LogP) is 3.94. The quantitative estimate of drug-likeness (QED) is 0.930. The molecule has 4 heteroatoms. The van der Waals surface area contributed by atoms with E-state index in [1.54, 1.807) is 18.3 Å². The normalized spacial score (nSPS) is 16.3. The zero-order valence-corrected chi connectivity index (χ0v) is 12.2. The molecule has 0 aliphatic heterocycles. The minimum Gasteiger partial charge on any atom is -0.487 e. The van der Waals surface area contributed by atoms with Gasteiger partial charge >= 0.3 is 0 Å². The molecule has 1 aliphatic carbocycles. The van der Waals surface area contributed by atoms with E-state index in [1.165, 1.54) is 6.42 Å². The fraction of sp³-hybridized carbons (Fsp3) is 0.471. The van der Waals surface area contributed by atoms with Crippen molar-refractivity contribution in [1.29, 1.82) is 0 Å². The summed E-state index contributed by atoms with van der Waals surface area (Å²) in [6.45, 7) is 1.95. The topological polar surface area (TPSA) is 42.1 Å². The van der Waals surface area contributed by atoms with Gasteiger partial charge in [-0.1, -0.05) is 13.3 Å². The molecule has 1 saturated carbocycles.